The molecule has 0 amide bonds. The number of hydrogen-bond donors (Lipinski definition) is 0. The van der Waals surface area contributed by atoms with Gasteiger partial charge < -0.3 is 9.15 Å². The molecule has 0 unspecified atom stereocenters. The lowest BCUT2D eigenvalue weighted by Gasteiger charge is -2.08. The second-order valence-electron chi connectivity index (χ2n) is 4.13. The van der Waals surface area contributed by atoms with E-state index < -0.39 is 0 Å². The summed E-state index contributed by atoms with van der Waals surface area (Å²) in [6.07, 6.45) is 1.88. The standard InChI is InChI=1S/C13H16N2O3S2/c1-3-4-7-17-12(16)9(2)20-13-15-14-11(18-13)10-6-5-8-19-10/h5-6,8-9H,3-4,7H2,1-2H3/t9-/m1/s1. The molecule has 0 aliphatic carbocycles. The Morgan fingerprint density at radius 1 is 1.55 bits per heavy atom. The summed E-state index contributed by atoms with van der Waals surface area (Å²) in [5, 5.41) is 9.87. The SMILES string of the molecule is CCCCOC(=O)[C@@H](C)Sc1nnc(-c2cccs2)o1. The van der Waals surface area contributed by atoms with Gasteiger partial charge in [-0.3, -0.25) is 4.79 Å². The van der Waals surface area contributed by atoms with Crippen LogP contribution in [0.15, 0.2) is 27.2 Å². The molecule has 0 saturated heterocycles. The molecule has 2 aromatic heterocycles. The summed E-state index contributed by atoms with van der Waals surface area (Å²) in [6.45, 7) is 4.29. The van der Waals surface area contributed by atoms with E-state index in [4.69, 9.17) is 9.15 Å². The lowest BCUT2D eigenvalue weighted by atomic mass is 10.4. The van der Waals surface area contributed by atoms with Crippen molar-refractivity contribution in [1.29, 1.82) is 0 Å². The van der Waals surface area contributed by atoms with E-state index in [9.17, 15) is 4.79 Å². The average Bonchev–Trinajstić information content (AvgIpc) is 3.08. The van der Waals surface area contributed by atoms with Crippen molar-refractivity contribution >= 4 is 29.1 Å². The molecule has 0 spiro atoms. The molecule has 0 fully saturated rings. The number of hydrogen-bond acceptors (Lipinski definition) is 7. The molecule has 0 aliphatic heterocycles. The molecule has 0 radical (unpaired) electrons. The first-order valence-electron chi connectivity index (χ1n) is 6.41. The normalized spacial score (nSPS) is 12.3. The predicted molar refractivity (Wildman–Crippen MR) is 78.8 cm³/mol. The maximum Gasteiger partial charge on any atom is 0.319 e. The van der Waals surface area contributed by atoms with E-state index in [0.717, 1.165) is 17.7 Å². The molecular weight excluding hydrogens is 296 g/mol. The van der Waals surface area contributed by atoms with E-state index >= 15 is 0 Å². The van der Waals surface area contributed by atoms with Crippen molar-refractivity contribution in [1.82, 2.24) is 10.2 Å². The van der Waals surface area contributed by atoms with Gasteiger partial charge in [0.1, 0.15) is 5.25 Å². The zero-order chi connectivity index (χ0) is 14.4. The molecule has 0 aliphatic rings. The highest BCUT2D eigenvalue weighted by molar-refractivity contribution is 8.00. The van der Waals surface area contributed by atoms with Crippen LogP contribution in [0.25, 0.3) is 10.8 Å². The van der Waals surface area contributed by atoms with Crippen LogP contribution in [0.3, 0.4) is 0 Å². The first-order valence-corrected chi connectivity index (χ1v) is 8.17. The summed E-state index contributed by atoms with van der Waals surface area (Å²) < 4.78 is 10.7. The summed E-state index contributed by atoms with van der Waals surface area (Å²) in [7, 11) is 0. The van der Waals surface area contributed by atoms with E-state index in [0.29, 0.717) is 17.7 Å². The molecule has 0 aromatic carbocycles. The van der Waals surface area contributed by atoms with Crippen LogP contribution in [0.1, 0.15) is 26.7 Å². The van der Waals surface area contributed by atoms with Crippen LogP contribution in [0.2, 0.25) is 0 Å². The van der Waals surface area contributed by atoms with E-state index in [2.05, 4.69) is 17.1 Å². The van der Waals surface area contributed by atoms with Gasteiger partial charge in [0, 0.05) is 0 Å². The smallest absolute Gasteiger partial charge is 0.319 e. The van der Waals surface area contributed by atoms with Gasteiger partial charge in [0.2, 0.25) is 0 Å². The lowest BCUT2D eigenvalue weighted by molar-refractivity contribution is -0.142. The highest BCUT2D eigenvalue weighted by Crippen LogP contribution is 2.28. The molecule has 5 nitrogen and oxygen atoms in total. The maximum absolute atomic E-state index is 11.7. The topological polar surface area (TPSA) is 65.2 Å². The van der Waals surface area contributed by atoms with Crippen LogP contribution >= 0.6 is 23.1 Å². The maximum atomic E-state index is 11.7. The quantitative estimate of drug-likeness (QED) is 0.442. The Kier molecular flexibility index (Phi) is 5.60. The Bertz CT molecular complexity index is 540. The Balaban J connectivity index is 1.88. The average molecular weight is 312 g/mol. The number of thioether (sulfide) groups is 1. The van der Waals surface area contributed by atoms with Crippen LogP contribution in [-0.2, 0) is 9.53 Å². The highest BCUT2D eigenvalue weighted by Gasteiger charge is 2.20. The van der Waals surface area contributed by atoms with Gasteiger partial charge in [-0.15, -0.1) is 21.5 Å². The number of ether oxygens (including phenoxy) is 1. The summed E-state index contributed by atoms with van der Waals surface area (Å²) in [5.74, 6) is 0.230. The van der Waals surface area contributed by atoms with Crippen molar-refractivity contribution in [3.05, 3.63) is 17.5 Å². The number of carbonyl (C=O) groups excluding carboxylic acids is 1. The molecule has 0 bridgehead atoms. The first kappa shape index (κ1) is 15.1. The van der Waals surface area contributed by atoms with Crippen molar-refractivity contribution in [2.24, 2.45) is 0 Å². The Labute approximate surface area is 125 Å². The number of unbranched alkanes of at least 4 members (excludes halogenated alkanes) is 1. The van der Waals surface area contributed by atoms with E-state index in [1.54, 1.807) is 6.92 Å². The van der Waals surface area contributed by atoms with E-state index in [1.807, 2.05) is 17.5 Å². The first-order chi connectivity index (χ1) is 9.70. The van der Waals surface area contributed by atoms with Crippen molar-refractivity contribution in [2.75, 3.05) is 6.61 Å². The molecule has 0 saturated carbocycles. The van der Waals surface area contributed by atoms with Gasteiger partial charge >= 0.3 is 5.97 Å². The zero-order valence-electron chi connectivity index (χ0n) is 11.4. The van der Waals surface area contributed by atoms with Gasteiger partial charge in [-0.05, 0) is 24.8 Å². The minimum absolute atomic E-state index is 0.251. The Morgan fingerprint density at radius 3 is 3.10 bits per heavy atom. The van der Waals surface area contributed by atoms with Gasteiger partial charge in [0.05, 0.1) is 11.5 Å². The second-order valence-corrected chi connectivity index (χ2v) is 6.37. The van der Waals surface area contributed by atoms with Crippen molar-refractivity contribution in [3.8, 4) is 10.8 Å². The van der Waals surface area contributed by atoms with Crippen molar-refractivity contribution in [2.45, 2.75) is 37.2 Å². The number of aromatic nitrogens is 2. The van der Waals surface area contributed by atoms with E-state index in [-0.39, 0.29) is 11.2 Å². The Morgan fingerprint density at radius 2 is 2.40 bits per heavy atom. The molecule has 2 aromatic rings. The zero-order valence-corrected chi connectivity index (χ0v) is 13.0. The third kappa shape index (κ3) is 4.08. The fraction of sp³-hybridized carbons (Fsp3) is 0.462. The van der Waals surface area contributed by atoms with Crippen molar-refractivity contribution < 1.29 is 13.9 Å². The molecular formula is C13H16N2O3S2. The molecule has 2 heterocycles. The molecule has 2 rings (SSSR count). The fourth-order valence-corrected chi connectivity index (χ4v) is 2.72. The summed E-state index contributed by atoms with van der Waals surface area (Å²) in [6, 6.07) is 3.83. The monoisotopic (exact) mass is 312 g/mol. The van der Waals surface area contributed by atoms with Crippen molar-refractivity contribution in [3.63, 3.8) is 0 Å². The lowest BCUT2D eigenvalue weighted by Crippen LogP contribution is -2.17. The summed E-state index contributed by atoms with van der Waals surface area (Å²) in [5.41, 5.74) is 0. The molecule has 1 atom stereocenters. The highest BCUT2D eigenvalue weighted by atomic mass is 32.2. The van der Waals surface area contributed by atoms with Crippen LogP contribution in [0.4, 0.5) is 0 Å². The van der Waals surface area contributed by atoms with Crippen LogP contribution < -0.4 is 0 Å². The number of rotatable bonds is 7. The number of esters is 1. The minimum Gasteiger partial charge on any atom is -0.465 e. The van der Waals surface area contributed by atoms with Gasteiger partial charge in [-0.2, -0.15) is 0 Å². The number of thiophene rings is 1. The number of carbonyl (C=O) groups is 1. The molecule has 0 N–H and O–H groups in total. The molecule has 20 heavy (non-hydrogen) atoms. The fourth-order valence-electron chi connectivity index (χ4n) is 1.39. The van der Waals surface area contributed by atoms with Crippen LogP contribution in [-0.4, -0.2) is 28.0 Å². The summed E-state index contributed by atoms with van der Waals surface area (Å²) >= 11 is 2.75. The van der Waals surface area contributed by atoms with Gasteiger partial charge in [-0.1, -0.05) is 31.2 Å². The van der Waals surface area contributed by atoms with Crippen LogP contribution in [0, 0.1) is 0 Å². The second kappa shape index (κ2) is 7.44. The van der Waals surface area contributed by atoms with Gasteiger partial charge in [0.25, 0.3) is 11.1 Å². The van der Waals surface area contributed by atoms with Crippen LogP contribution in [0.5, 0.6) is 0 Å². The largest absolute Gasteiger partial charge is 0.465 e. The third-order valence-electron chi connectivity index (χ3n) is 2.49. The van der Waals surface area contributed by atoms with Gasteiger partial charge in [0.15, 0.2) is 0 Å². The van der Waals surface area contributed by atoms with E-state index in [1.165, 1.54) is 23.1 Å². The number of nitrogens with zero attached hydrogens (tertiary/aromatic N) is 2. The molecule has 108 valence electrons. The Hall–Kier alpha value is -1.34. The molecule has 7 heteroatoms. The minimum atomic E-state index is -0.358. The predicted octanol–water partition coefficient (Wildman–Crippen LogP) is 3.62. The van der Waals surface area contributed by atoms with Gasteiger partial charge in [-0.25, -0.2) is 0 Å². The third-order valence-corrected chi connectivity index (χ3v) is 4.26. The summed E-state index contributed by atoms with van der Waals surface area (Å²) in [4.78, 5) is 12.6.